The summed E-state index contributed by atoms with van der Waals surface area (Å²) >= 11 is 4.89. The molecule has 1 fully saturated rings. The molecule has 0 radical (unpaired) electrons. The molecule has 1 saturated carbocycles. The van der Waals surface area contributed by atoms with E-state index in [9.17, 15) is 4.79 Å². The summed E-state index contributed by atoms with van der Waals surface area (Å²) in [7, 11) is 0. The zero-order valence-electron chi connectivity index (χ0n) is 12.8. The lowest BCUT2D eigenvalue weighted by Gasteiger charge is -2.01. The molecule has 1 N–H and O–H groups in total. The normalized spacial score (nSPS) is 19.0. The second-order valence-electron chi connectivity index (χ2n) is 5.89. The molecule has 5 heteroatoms. The summed E-state index contributed by atoms with van der Waals surface area (Å²) in [6, 6.07) is 18.2. The zero-order chi connectivity index (χ0) is 16.5. The Hall–Kier alpha value is -1.98. The number of aromatic nitrogens is 1. The number of nitrogens with zero attached hydrogens (tertiary/aromatic N) is 1. The van der Waals surface area contributed by atoms with Crippen LogP contribution in [0, 0.1) is 5.92 Å². The molecule has 1 aliphatic rings. The van der Waals surface area contributed by atoms with E-state index in [-0.39, 0.29) is 11.8 Å². The molecule has 1 heterocycles. The molecule has 2 atom stereocenters. The molecule has 1 aliphatic carbocycles. The number of hydrogen-bond donors (Lipinski definition) is 1. The minimum absolute atomic E-state index is 0.0624. The Bertz CT molecular complexity index is 861. The van der Waals surface area contributed by atoms with Crippen LogP contribution in [0.15, 0.2) is 64.5 Å². The first-order valence-corrected chi connectivity index (χ1v) is 9.45. The largest absolute Gasteiger partial charge is 0.302 e. The summed E-state index contributed by atoms with van der Waals surface area (Å²) in [6.07, 6.45) is 0.917. The Kier molecular flexibility index (Phi) is 4.21. The van der Waals surface area contributed by atoms with Gasteiger partial charge in [0, 0.05) is 21.3 Å². The summed E-state index contributed by atoms with van der Waals surface area (Å²) in [5.41, 5.74) is 3.18. The van der Waals surface area contributed by atoms with Gasteiger partial charge in [-0.1, -0.05) is 58.4 Å². The van der Waals surface area contributed by atoms with Crippen molar-refractivity contribution in [1.82, 2.24) is 4.98 Å². The van der Waals surface area contributed by atoms with Crippen LogP contribution in [0.3, 0.4) is 0 Å². The number of amides is 1. The first-order chi connectivity index (χ1) is 11.7. The van der Waals surface area contributed by atoms with Crippen LogP contribution in [0.4, 0.5) is 5.13 Å². The van der Waals surface area contributed by atoms with Crippen molar-refractivity contribution in [2.75, 3.05) is 5.32 Å². The third-order valence-electron chi connectivity index (χ3n) is 4.23. The van der Waals surface area contributed by atoms with E-state index in [4.69, 9.17) is 0 Å². The average molecular weight is 399 g/mol. The van der Waals surface area contributed by atoms with Crippen LogP contribution in [-0.2, 0) is 4.79 Å². The van der Waals surface area contributed by atoms with E-state index in [1.54, 1.807) is 0 Å². The molecule has 0 bridgehead atoms. The van der Waals surface area contributed by atoms with Gasteiger partial charge < -0.3 is 5.32 Å². The van der Waals surface area contributed by atoms with Crippen LogP contribution in [0.2, 0.25) is 0 Å². The maximum Gasteiger partial charge on any atom is 0.229 e. The lowest BCUT2D eigenvalue weighted by molar-refractivity contribution is -0.117. The van der Waals surface area contributed by atoms with Gasteiger partial charge in [-0.25, -0.2) is 4.98 Å². The van der Waals surface area contributed by atoms with E-state index in [2.05, 4.69) is 38.4 Å². The molecule has 0 aliphatic heterocycles. The SMILES string of the molecule is O=C(Nc1nc(-c2ccc(Br)cc2)cs1)[C@H]1C[C@@H]1c1ccccc1. The molecule has 0 spiro atoms. The predicted molar refractivity (Wildman–Crippen MR) is 101 cm³/mol. The highest BCUT2D eigenvalue weighted by atomic mass is 79.9. The Morgan fingerprint density at radius 2 is 1.88 bits per heavy atom. The molecule has 4 rings (SSSR count). The van der Waals surface area contributed by atoms with E-state index >= 15 is 0 Å². The second-order valence-corrected chi connectivity index (χ2v) is 7.67. The van der Waals surface area contributed by atoms with Crippen molar-refractivity contribution in [1.29, 1.82) is 0 Å². The van der Waals surface area contributed by atoms with Crippen LogP contribution in [0.25, 0.3) is 11.3 Å². The van der Waals surface area contributed by atoms with Crippen molar-refractivity contribution in [2.24, 2.45) is 5.92 Å². The molecular formula is C19H15BrN2OS. The molecule has 3 aromatic rings. The number of halogens is 1. The molecule has 1 amide bonds. The number of thiazole rings is 1. The molecule has 120 valence electrons. The minimum atomic E-state index is 0.0624. The Morgan fingerprint density at radius 1 is 1.12 bits per heavy atom. The number of rotatable bonds is 4. The van der Waals surface area contributed by atoms with Crippen LogP contribution in [0.1, 0.15) is 17.9 Å². The number of hydrogen-bond acceptors (Lipinski definition) is 3. The van der Waals surface area contributed by atoms with Crippen LogP contribution in [-0.4, -0.2) is 10.9 Å². The van der Waals surface area contributed by atoms with E-state index in [0.29, 0.717) is 11.0 Å². The van der Waals surface area contributed by atoms with Gasteiger partial charge in [0.05, 0.1) is 5.69 Å². The van der Waals surface area contributed by atoms with E-state index < -0.39 is 0 Å². The van der Waals surface area contributed by atoms with Gasteiger partial charge in [0.25, 0.3) is 0 Å². The first-order valence-electron chi connectivity index (χ1n) is 7.78. The molecular weight excluding hydrogens is 384 g/mol. The van der Waals surface area contributed by atoms with E-state index in [1.807, 2.05) is 47.8 Å². The van der Waals surface area contributed by atoms with Crippen LogP contribution < -0.4 is 5.32 Å². The van der Waals surface area contributed by atoms with Gasteiger partial charge in [0.1, 0.15) is 0 Å². The Morgan fingerprint density at radius 3 is 2.62 bits per heavy atom. The van der Waals surface area contributed by atoms with Crippen molar-refractivity contribution in [3.63, 3.8) is 0 Å². The second kappa shape index (κ2) is 6.49. The third-order valence-corrected chi connectivity index (χ3v) is 5.52. The average Bonchev–Trinajstić information content (AvgIpc) is 3.29. The summed E-state index contributed by atoms with van der Waals surface area (Å²) in [5, 5.41) is 5.60. The minimum Gasteiger partial charge on any atom is -0.302 e. The zero-order valence-corrected chi connectivity index (χ0v) is 15.2. The fourth-order valence-corrected chi connectivity index (χ4v) is 3.82. The van der Waals surface area contributed by atoms with E-state index in [1.165, 1.54) is 16.9 Å². The monoisotopic (exact) mass is 398 g/mol. The quantitative estimate of drug-likeness (QED) is 0.646. The Labute approximate surface area is 152 Å². The summed E-state index contributed by atoms with van der Waals surface area (Å²) in [4.78, 5) is 16.9. The van der Waals surface area contributed by atoms with Crippen molar-refractivity contribution < 1.29 is 4.79 Å². The molecule has 2 aromatic carbocycles. The fourth-order valence-electron chi connectivity index (χ4n) is 2.84. The predicted octanol–water partition coefficient (Wildman–Crippen LogP) is 5.31. The van der Waals surface area contributed by atoms with Gasteiger partial charge in [0.15, 0.2) is 5.13 Å². The number of carbonyl (C=O) groups excluding carboxylic acids is 1. The molecule has 1 aromatic heterocycles. The molecule has 24 heavy (non-hydrogen) atoms. The maximum absolute atomic E-state index is 12.4. The van der Waals surface area contributed by atoms with Gasteiger partial charge in [0.2, 0.25) is 5.91 Å². The number of anilines is 1. The number of nitrogens with one attached hydrogen (secondary N) is 1. The molecule has 0 saturated heterocycles. The highest BCUT2D eigenvalue weighted by molar-refractivity contribution is 9.10. The highest BCUT2D eigenvalue weighted by Crippen LogP contribution is 2.48. The topological polar surface area (TPSA) is 42.0 Å². The van der Waals surface area contributed by atoms with Gasteiger partial charge in [-0.3, -0.25) is 4.79 Å². The van der Waals surface area contributed by atoms with Crippen LogP contribution in [0.5, 0.6) is 0 Å². The smallest absolute Gasteiger partial charge is 0.229 e. The highest BCUT2D eigenvalue weighted by Gasteiger charge is 2.44. The molecule has 3 nitrogen and oxygen atoms in total. The fraction of sp³-hybridized carbons (Fsp3) is 0.158. The van der Waals surface area contributed by atoms with Gasteiger partial charge in [-0.2, -0.15) is 0 Å². The number of benzene rings is 2. The summed E-state index contributed by atoms with van der Waals surface area (Å²) < 4.78 is 1.04. The summed E-state index contributed by atoms with van der Waals surface area (Å²) in [5.74, 6) is 0.477. The van der Waals surface area contributed by atoms with Crippen molar-refractivity contribution in [3.8, 4) is 11.3 Å². The Balaban J connectivity index is 1.41. The van der Waals surface area contributed by atoms with Gasteiger partial charge in [-0.05, 0) is 30.0 Å². The molecule has 0 unspecified atom stereocenters. The van der Waals surface area contributed by atoms with E-state index in [0.717, 1.165) is 22.2 Å². The van der Waals surface area contributed by atoms with Crippen molar-refractivity contribution in [3.05, 3.63) is 70.0 Å². The van der Waals surface area contributed by atoms with Crippen LogP contribution >= 0.6 is 27.3 Å². The maximum atomic E-state index is 12.4. The first kappa shape index (κ1) is 15.5. The standard InChI is InChI=1S/C19H15BrN2OS/c20-14-8-6-13(7-9-14)17-11-24-19(21-17)22-18(23)16-10-15(16)12-4-2-1-3-5-12/h1-9,11,15-16H,10H2,(H,21,22,23)/t15-,16+/m1/s1. The van der Waals surface area contributed by atoms with Crippen molar-refractivity contribution in [2.45, 2.75) is 12.3 Å². The lowest BCUT2D eigenvalue weighted by Crippen LogP contribution is -2.14. The van der Waals surface area contributed by atoms with Crippen molar-refractivity contribution >= 4 is 38.3 Å². The lowest BCUT2D eigenvalue weighted by atomic mass is 10.1. The van der Waals surface area contributed by atoms with Gasteiger partial charge >= 0.3 is 0 Å². The summed E-state index contributed by atoms with van der Waals surface area (Å²) in [6.45, 7) is 0. The third kappa shape index (κ3) is 3.28. The number of carbonyl (C=O) groups is 1. The van der Waals surface area contributed by atoms with Gasteiger partial charge in [-0.15, -0.1) is 11.3 Å².